The van der Waals surface area contributed by atoms with Crippen molar-refractivity contribution in [3.8, 4) is 18.1 Å². The Morgan fingerprint density at radius 3 is 2.48 bits per heavy atom. The van der Waals surface area contributed by atoms with E-state index in [1.54, 1.807) is 13.4 Å². The van der Waals surface area contributed by atoms with Crippen LogP contribution in [0.1, 0.15) is 16.7 Å². The lowest BCUT2D eigenvalue weighted by Gasteiger charge is -2.06. The summed E-state index contributed by atoms with van der Waals surface area (Å²) in [5.41, 5.74) is 5.09. The van der Waals surface area contributed by atoms with Crippen LogP contribution in [0.5, 0.6) is 5.75 Å². The van der Waals surface area contributed by atoms with Gasteiger partial charge in [0, 0.05) is 33.1 Å². The topological polar surface area (TPSA) is 26.3 Å². The third-order valence-electron chi connectivity index (χ3n) is 3.82. The second kappa shape index (κ2) is 6.28. The summed E-state index contributed by atoms with van der Waals surface area (Å²) in [6.07, 6.45) is 11.4. The molecule has 2 aromatic carbocycles. The molecule has 1 aliphatic rings. The average Bonchev–Trinajstić information content (AvgIpc) is 2.92. The molecule has 0 saturated carbocycles. The van der Waals surface area contributed by atoms with Crippen LogP contribution in [-0.2, 0) is 10.8 Å². The molecule has 0 saturated heterocycles. The lowest BCUT2D eigenvalue weighted by molar-refractivity contribution is 0.414. The van der Waals surface area contributed by atoms with Crippen LogP contribution in [0.3, 0.4) is 0 Å². The van der Waals surface area contributed by atoms with Gasteiger partial charge in [-0.15, -0.1) is 6.42 Å². The zero-order chi connectivity index (χ0) is 16.4. The molecule has 0 heterocycles. The highest BCUT2D eigenvalue weighted by molar-refractivity contribution is 7.84. The van der Waals surface area contributed by atoms with Crippen LogP contribution < -0.4 is 4.74 Å². The van der Waals surface area contributed by atoms with Crippen LogP contribution in [0.25, 0.3) is 17.2 Å². The maximum Gasteiger partial charge on any atom is 0.119 e. The molecule has 1 unspecified atom stereocenters. The first-order valence-corrected chi connectivity index (χ1v) is 8.70. The van der Waals surface area contributed by atoms with Crippen molar-refractivity contribution < 1.29 is 8.95 Å². The van der Waals surface area contributed by atoms with Gasteiger partial charge in [-0.25, -0.2) is 0 Å². The zero-order valence-corrected chi connectivity index (χ0v) is 13.8. The molecule has 1 atom stereocenters. The minimum Gasteiger partial charge on any atom is -0.497 e. The predicted octanol–water partition coefficient (Wildman–Crippen LogP) is 4.00. The van der Waals surface area contributed by atoms with Crippen molar-refractivity contribution >= 4 is 28.0 Å². The maximum absolute atomic E-state index is 11.5. The second-order valence-corrected chi connectivity index (χ2v) is 6.62. The molecule has 23 heavy (non-hydrogen) atoms. The molecule has 3 rings (SSSR count). The number of allylic oxidation sites excluding steroid dienone is 3. The largest absolute Gasteiger partial charge is 0.497 e. The van der Waals surface area contributed by atoms with E-state index in [4.69, 9.17) is 11.2 Å². The lowest BCUT2D eigenvalue weighted by Crippen LogP contribution is -1.88. The van der Waals surface area contributed by atoms with Crippen molar-refractivity contribution in [1.29, 1.82) is 0 Å². The summed E-state index contributed by atoms with van der Waals surface area (Å²) in [5, 5.41) is 0. The van der Waals surface area contributed by atoms with E-state index in [9.17, 15) is 4.21 Å². The van der Waals surface area contributed by atoms with Crippen LogP contribution in [0.15, 0.2) is 53.4 Å². The predicted molar refractivity (Wildman–Crippen MR) is 96.4 cm³/mol. The Kier molecular flexibility index (Phi) is 4.18. The molecule has 3 heteroatoms. The second-order valence-electron chi connectivity index (χ2n) is 5.24. The smallest absolute Gasteiger partial charge is 0.119 e. The number of hydrogen-bond donors (Lipinski definition) is 0. The highest BCUT2D eigenvalue weighted by Crippen LogP contribution is 2.38. The number of methoxy groups -OCH3 is 1. The summed E-state index contributed by atoms with van der Waals surface area (Å²) >= 11 is 0. The molecule has 1 aliphatic carbocycles. The summed E-state index contributed by atoms with van der Waals surface area (Å²) in [7, 11) is 0.683. The van der Waals surface area contributed by atoms with Crippen molar-refractivity contribution in [2.45, 2.75) is 4.90 Å². The van der Waals surface area contributed by atoms with E-state index < -0.39 is 10.8 Å². The van der Waals surface area contributed by atoms with Gasteiger partial charge in [0.15, 0.2) is 0 Å². The molecule has 2 nitrogen and oxygen atoms in total. The first-order valence-electron chi connectivity index (χ1n) is 7.14. The Hall–Kier alpha value is -2.57. The summed E-state index contributed by atoms with van der Waals surface area (Å²) in [6, 6.07) is 13.6. The Morgan fingerprint density at radius 2 is 1.87 bits per heavy atom. The molecular weight excluding hydrogens is 304 g/mol. The number of ether oxygens (including phenoxy) is 1. The Morgan fingerprint density at radius 1 is 1.13 bits per heavy atom. The Bertz CT molecular complexity index is 881. The Labute approximate surface area is 139 Å². The molecule has 0 bridgehead atoms. The monoisotopic (exact) mass is 320 g/mol. The van der Waals surface area contributed by atoms with E-state index in [2.05, 4.69) is 12.0 Å². The minimum atomic E-state index is -0.961. The number of hydrogen-bond acceptors (Lipinski definition) is 2. The third kappa shape index (κ3) is 2.99. The SMILES string of the molecule is C#CC1=CC(=Cc2ccc(S(C)=O)cc2)c2ccc(OC)cc21. The summed E-state index contributed by atoms with van der Waals surface area (Å²) in [5.74, 6) is 3.53. The molecule has 2 aromatic rings. The molecule has 114 valence electrons. The molecule has 0 aromatic heterocycles. The van der Waals surface area contributed by atoms with Crippen molar-refractivity contribution in [3.05, 3.63) is 65.2 Å². The molecular formula is C20H16O2S. The molecule has 0 radical (unpaired) electrons. The van der Waals surface area contributed by atoms with Crippen LogP contribution in [0.4, 0.5) is 0 Å². The molecule has 0 fully saturated rings. The van der Waals surface area contributed by atoms with E-state index in [1.807, 2.05) is 48.5 Å². The van der Waals surface area contributed by atoms with E-state index in [-0.39, 0.29) is 0 Å². The van der Waals surface area contributed by atoms with Gasteiger partial charge in [0.05, 0.1) is 7.11 Å². The van der Waals surface area contributed by atoms with Gasteiger partial charge >= 0.3 is 0 Å². The molecule has 0 spiro atoms. The molecule has 0 N–H and O–H groups in total. The highest BCUT2D eigenvalue weighted by atomic mass is 32.2. The highest BCUT2D eigenvalue weighted by Gasteiger charge is 2.17. The van der Waals surface area contributed by atoms with Crippen molar-refractivity contribution in [3.63, 3.8) is 0 Å². The normalized spacial score (nSPS) is 15.7. The van der Waals surface area contributed by atoms with E-state index in [0.717, 1.165) is 38.5 Å². The van der Waals surface area contributed by atoms with Gasteiger partial charge in [0.2, 0.25) is 0 Å². The van der Waals surface area contributed by atoms with Crippen LogP contribution in [0.2, 0.25) is 0 Å². The summed E-state index contributed by atoms with van der Waals surface area (Å²) in [6.45, 7) is 0. The fourth-order valence-electron chi connectivity index (χ4n) is 2.61. The van der Waals surface area contributed by atoms with Gasteiger partial charge in [-0.2, -0.15) is 0 Å². The van der Waals surface area contributed by atoms with Crippen LogP contribution in [-0.4, -0.2) is 17.6 Å². The van der Waals surface area contributed by atoms with Gasteiger partial charge in [-0.05, 0) is 53.1 Å². The van der Waals surface area contributed by atoms with E-state index in [1.165, 1.54) is 0 Å². The number of benzene rings is 2. The van der Waals surface area contributed by atoms with Crippen molar-refractivity contribution in [1.82, 2.24) is 0 Å². The quantitative estimate of drug-likeness (QED) is 0.799. The number of fused-ring (bicyclic) bond motifs is 1. The Balaban J connectivity index is 2.03. The van der Waals surface area contributed by atoms with Gasteiger partial charge < -0.3 is 4.74 Å². The lowest BCUT2D eigenvalue weighted by atomic mass is 10.0. The van der Waals surface area contributed by atoms with Gasteiger partial charge in [-0.3, -0.25) is 4.21 Å². The summed E-state index contributed by atoms with van der Waals surface area (Å²) in [4.78, 5) is 0.823. The summed E-state index contributed by atoms with van der Waals surface area (Å²) < 4.78 is 16.7. The van der Waals surface area contributed by atoms with Crippen LogP contribution in [0, 0.1) is 12.3 Å². The minimum absolute atomic E-state index is 0.793. The third-order valence-corrected chi connectivity index (χ3v) is 4.75. The van der Waals surface area contributed by atoms with Crippen molar-refractivity contribution in [2.24, 2.45) is 0 Å². The van der Waals surface area contributed by atoms with Gasteiger partial charge in [-0.1, -0.05) is 24.1 Å². The maximum atomic E-state index is 11.5. The average molecular weight is 320 g/mol. The zero-order valence-electron chi connectivity index (χ0n) is 13.0. The van der Waals surface area contributed by atoms with Crippen molar-refractivity contribution in [2.75, 3.05) is 13.4 Å². The van der Waals surface area contributed by atoms with Gasteiger partial charge in [0.1, 0.15) is 5.75 Å². The van der Waals surface area contributed by atoms with E-state index >= 15 is 0 Å². The molecule has 0 aliphatic heterocycles. The molecule has 0 amide bonds. The first kappa shape index (κ1) is 15.3. The fraction of sp³-hybridized carbons (Fsp3) is 0.100. The fourth-order valence-corrected chi connectivity index (χ4v) is 3.13. The first-order chi connectivity index (χ1) is 11.1. The standard InChI is InChI=1S/C20H16O2S/c1-4-15-12-16(19-10-7-17(22-2)13-20(15)19)11-14-5-8-18(9-6-14)23(3)21/h1,5-13H,2-3H3. The van der Waals surface area contributed by atoms with E-state index in [0.29, 0.717) is 0 Å². The number of terminal acetylenes is 1. The number of rotatable bonds is 3. The van der Waals surface area contributed by atoms with Gasteiger partial charge in [0.25, 0.3) is 0 Å². The van der Waals surface area contributed by atoms with Crippen LogP contribution >= 0.6 is 0 Å².